The van der Waals surface area contributed by atoms with E-state index in [9.17, 15) is 19.7 Å². The van der Waals surface area contributed by atoms with Crippen LogP contribution in [0.3, 0.4) is 0 Å². The lowest BCUT2D eigenvalue weighted by Crippen LogP contribution is -2.51. The third-order valence-electron chi connectivity index (χ3n) is 12.4. The molecule has 1 aliphatic rings. The lowest BCUT2D eigenvalue weighted by Gasteiger charge is -2.43. The van der Waals surface area contributed by atoms with Gasteiger partial charge in [0.2, 0.25) is 5.89 Å². The molecule has 2 N–H and O–H groups in total. The van der Waals surface area contributed by atoms with E-state index >= 15 is 0 Å². The summed E-state index contributed by atoms with van der Waals surface area (Å²) >= 11 is 0. The van der Waals surface area contributed by atoms with Crippen molar-refractivity contribution in [2.45, 2.75) is 115 Å². The minimum Gasteiger partial charge on any atom is -0.497 e. The molecule has 1 fully saturated rings. The fraction of sp³-hybridized carbons (Fsp3) is 0.458. The first-order valence-corrected chi connectivity index (χ1v) is 25.8. The third kappa shape index (κ3) is 10.5. The molecule has 0 saturated carbocycles. The van der Waals surface area contributed by atoms with Crippen LogP contribution in [0.2, 0.25) is 18.1 Å². The number of H-pyrrole nitrogens is 1. The Labute approximate surface area is 383 Å². The number of oxazole rings is 1. The second-order valence-electron chi connectivity index (χ2n) is 18.2. The first-order valence-electron chi connectivity index (χ1n) is 21.7. The number of methoxy groups -OCH3 is 2. The molecule has 348 valence electrons. The van der Waals surface area contributed by atoms with Crippen molar-refractivity contribution >= 4 is 16.8 Å². The van der Waals surface area contributed by atoms with Gasteiger partial charge in [-0.3, -0.25) is 14.3 Å². The second kappa shape index (κ2) is 20.7. The molecule has 2 aromatic heterocycles. The van der Waals surface area contributed by atoms with Crippen LogP contribution >= 0.6 is 8.53 Å². The Morgan fingerprint density at radius 1 is 0.923 bits per heavy atom. The highest BCUT2D eigenvalue weighted by atomic mass is 31.2. The van der Waals surface area contributed by atoms with Gasteiger partial charge in [0.05, 0.1) is 57.8 Å². The van der Waals surface area contributed by atoms with Gasteiger partial charge in [0, 0.05) is 24.2 Å². The largest absolute Gasteiger partial charge is 0.497 e. The van der Waals surface area contributed by atoms with Crippen molar-refractivity contribution in [2.75, 3.05) is 20.8 Å². The molecular formula is C48H62N5O10PSi. The van der Waals surface area contributed by atoms with Crippen LogP contribution in [0.25, 0.3) is 11.5 Å². The molecule has 1 aliphatic heterocycles. The number of nitriles is 1. The zero-order valence-corrected chi connectivity index (χ0v) is 40.9. The predicted molar refractivity (Wildman–Crippen MR) is 251 cm³/mol. The van der Waals surface area contributed by atoms with Crippen LogP contribution in [0.15, 0.2) is 112 Å². The summed E-state index contributed by atoms with van der Waals surface area (Å²) in [4.78, 5) is 46.0. The van der Waals surface area contributed by atoms with Crippen LogP contribution < -0.4 is 20.7 Å². The van der Waals surface area contributed by atoms with Gasteiger partial charge in [-0.05, 0) is 86.8 Å². The van der Waals surface area contributed by atoms with Gasteiger partial charge in [0.15, 0.2) is 14.5 Å². The van der Waals surface area contributed by atoms with Crippen molar-refractivity contribution in [3.8, 4) is 29.0 Å². The number of benzene rings is 3. The average molecular weight is 928 g/mol. The van der Waals surface area contributed by atoms with Crippen LogP contribution in [-0.4, -0.2) is 83.6 Å². The Balaban J connectivity index is 1.59. The molecule has 6 rings (SSSR count). The molecule has 0 amide bonds. The fourth-order valence-corrected chi connectivity index (χ4v) is 10.9. The zero-order chi connectivity index (χ0) is 47.3. The zero-order valence-electron chi connectivity index (χ0n) is 39.1. The molecule has 3 heterocycles. The van der Waals surface area contributed by atoms with Gasteiger partial charge in [0.1, 0.15) is 28.9 Å². The van der Waals surface area contributed by atoms with Gasteiger partial charge in [-0.15, -0.1) is 0 Å². The van der Waals surface area contributed by atoms with E-state index in [2.05, 4.69) is 49.9 Å². The molecule has 65 heavy (non-hydrogen) atoms. The monoisotopic (exact) mass is 927 g/mol. The van der Waals surface area contributed by atoms with Crippen molar-refractivity contribution in [1.29, 1.82) is 5.26 Å². The molecule has 0 radical (unpaired) electrons. The van der Waals surface area contributed by atoms with Gasteiger partial charge in [-0.25, -0.2) is 14.4 Å². The maximum Gasteiger partial charge on any atom is 0.330 e. The van der Waals surface area contributed by atoms with Gasteiger partial charge in [-0.2, -0.15) is 5.26 Å². The number of ether oxygens (including phenoxy) is 4. The van der Waals surface area contributed by atoms with Gasteiger partial charge >= 0.3 is 5.69 Å². The molecule has 1 saturated heterocycles. The first-order chi connectivity index (χ1) is 30.9. The van der Waals surface area contributed by atoms with E-state index in [1.165, 1.54) is 23.2 Å². The number of rotatable bonds is 19. The highest BCUT2D eigenvalue weighted by Gasteiger charge is 2.55. The molecule has 0 bridgehead atoms. The highest BCUT2D eigenvalue weighted by Crippen LogP contribution is 2.51. The molecule has 17 heteroatoms. The van der Waals surface area contributed by atoms with Gasteiger partial charge < -0.3 is 37.2 Å². The van der Waals surface area contributed by atoms with Crippen molar-refractivity contribution in [3.05, 3.63) is 135 Å². The summed E-state index contributed by atoms with van der Waals surface area (Å²) in [7, 11) is -1.83. The molecule has 3 aromatic carbocycles. The van der Waals surface area contributed by atoms with Crippen LogP contribution in [0.5, 0.6) is 11.5 Å². The Bertz CT molecular complexity index is 2410. The summed E-state index contributed by atoms with van der Waals surface area (Å²) in [5, 5.41) is 10.2. The molecule has 2 unspecified atom stereocenters. The topological polar surface area (TPSA) is 184 Å². The van der Waals surface area contributed by atoms with Crippen LogP contribution in [0, 0.1) is 17.2 Å². The summed E-state index contributed by atoms with van der Waals surface area (Å²) in [6.07, 6.45) is -0.192. The van der Waals surface area contributed by atoms with E-state index < -0.39 is 64.2 Å². The van der Waals surface area contributed by atoms with Crippen molar-refractivity contribution in [2.24, 2.45) is 5.92 Å². The van der Waals surface area contributed by atoms with Crippen LogP contribution in [0.1, 0.15) is 77.8 Å². The molecule has 6 atom stereocenters. The van der Waals surface area contributed by atoms with Gasteiger partial charge in [0.25, 0.3) is 14.1 Å². The second-order valence-corrected chi connectivity index (χ2v) is 24.1. The van der Waals surface area contributed by atoms with E-state index in [1.54, 1.807) is 14.2 Å². The lowest BCUT2D eigenvalue weighted by molar-refractivity contribution is -0.0941. The minimum absolute atomic E-state index is 0.00185. The quantitative estimate of drug-likeness (QED) is 0.0456. The Morgan fingerprint density at radius 2 is 1.49 bits per heavy atom. The lowest BCUT2D eigenvalue weighted by atomic mass is 9.79. The molecule has 0 aliphatic carbocycles. The SMILES string of the molecule is COc1ccc(C(OC[C@@H]2O[C@@H](n3cc(-c4ncco4)c(=O)[nH]c3=O)[C@H](O[Si](C)(C)C(C)(C)C)[C@@H]2C(CC#N)OP(O)N(C(C)C)C(C)C)(c2ccccc2)c2ccc(OC)cc2)cc1. The summed E-state index contributed by atoms with van der Waals surface area (Å²) in [5.41, 5.74) is -0.397. The number of aromatic amines is 1. The summed E-state index contributed by atoms with van der Waals surface area (Å²) < 4.78 is 48.4. The maximum absolute atomic E-state index is 14.1. The Kier molecular flexibility index (Phi) is 15.8. The summed E-state index contributed by atoms with van der Waals surface area (Å²) in [5.74, 6) is 0.475. The maximum atomic E-state index is 14.1. The van der Waals surface area contributed by atoms with Crippen molar-refractivity contribution in [3.63, 3.8) is 0 Å². The van der Waals surface area contributed by atoms with Crippen LogP contribution in [0.4, 0.5) is 0 Å². The smallest absolute Gasteiger partial charge is 0.330 e. The van der Waals surface area contributed by atoms with Gasteiger partial charge in [-0.1, -0.05) is 75.4 Å². The van der Waals surface area contributed by atoms with Crippen molar-refractivity contribution < 1.29 is 37.2 Å². The number of hydrogen-bond donors (Lipinski definition) is 2. The number of nitrogens with one attached hydrogen (secondary N) is 1. The Hall–Kier alpha value is -4.95. The van der Waals surface area contributed by atoms with E-state index in [-0.39, 0.29) is 41.6 Å². The van der Waals surface area contributed by atoms with E-state index in [0.29, 0.717) is 11.5 Å². The number of aromatic nitrogens is 3. The number of hydrogen-bond acceptors (Lipinski definition) is 13. The molecule has 0 spiro atoms. The standard InChI is InChI=1S/C48H62N5O10PSi/c1-31(2)53(32(3)4)64(56)62-39(25-26-49)41-40(61-45(42(41)63-65(10,11)47(5,6)7)52-29-38(43(54)51-46(52)55)44-50-27-28-59-44)30-60-48(33-15-13-12-14-16-33,34-17-21-36(57-8)22-18-34)35-19-23-37(58-9)24-20-35/h12-24,27-29,31-32,39-42,45,56H,25,30H2,1-11H3,(H,51,54,55)/t39?,40-,41+,42+,45+,64?/m0/s1. The predicted octanol–water partition coefficient (Wildman–Crippen LogP) is 8.76. The normalized spacial score (nSPS) is 19.1. The molecular weight excluding hydrogens is 866 g/mol. The summed E-state index contributed by atoms with van der Waals surface area (Å²) in [6.45, 7) is 18.2. The number of nitrogens with zero attached hydrogens (tertiary/aromatic N) is 4. The fourth-order valence-electron chi connectivity index (χ4n) is 8.19. The first kappa shape index (κ1) is 49.5. The highest BCUT2D eigenvalue weighted by molar-refractivity contribution is 7.43. The molecule has 15 nitrogen and oxygen atoms in total. The molecule has 5 aromatic rings. The Morgan fingerprint density at radius 3 is 1.98 bits per heavy atom. The average Bonchev–Trinajstić information content (AvgIpc) is 3.92. The van der Waals surface area contributed by atoms with Crippen molar-refractivity contribution in [1.82, 2.24) is 19.2 Å². The summed E-state index contributed by atoms with van der Waals surface area (Å²) in [6, 6.07) is 27.2. The van der Waals surface area contributed by atoms with E-state index in [4.69, 9.17) is 32.3 Å². The van der Waals surface area contributed by atoms with Crippen LogP contribution in [-0.2, 0) is 24.0 Å². The minimum atomic E-state index is -2.78. The van der Waals surface area contributed by atoms with E-state index in [0.717, 1.165) is 16.7 Å². The third-order valence-corrected chi connectivity index (χ3v) is 18.6. The van der Waals surface area contributed by atoms with E-state index in [1.807, 2.05) is 111 Å².